The molecule has 0 saturated heterocycles. The highest BCUT2D eigenvalue weighted by atomic mass is 32.2. The average molecular weight is 468 g/mol. The van der Waals surface area contributed by atoms with Gasteiger partial charge in [0, 0.05) is 55.9 Å². The number of hydrogen-bond donors (Lipinski definition) is 1. The lowest BCUT2D eigenvalue weighted by Gasteiger charge is -2.30. The second-order valence-corrected chi connectivity index (χ2v) is 8.91. The van der Waals surface area contributed by atoms with E-state index in [-0.39, 0.29) is 11.8 Å². The Morgan fingerprint density at radius 3 is 2.70 bits per heavy atom. The maximum absolute atomic E-state index is 13.7. The minimum Gasteiger partial charge on any atom is -0.496 e. The average Bonchev–Trinajstić information content (AvgIpc) is 3.02. The van der Waals surface area contributed by atoms with Gasteiger partial charge in [-0.25, -0.2) is 0 Å². The Kier molecular flexibility index (Phi) is 7.25. The number of ether oxygens (including phenoxy) is 2. The first kappa shape index (κ1) is 23.2. The molecule has 2 amide bonds. The molecule has 0 saturated carbocycles. The highest BCUT2D eigenvalue weighted by Crippen LogP contribution is 2.41. The number of nitrogens with zero attached hydrogens (tertiary/aromatic N) is 2. The molecule has 174 valence electrons. The van der Waals surface area contributed by atoms with Crippen molar-refractivity contribution in [2.24, 2.45) is 7.05 Å². The van der Waals surface area contributed by atoms with Crippen LogP contribution in [0.15, 0.2) is 53.6 Å². The number of rotatable bonds is 8. The van der Waals surface area contributed by atoms with Crippen LogP contribution in [0.4, 0.5) is 0 Å². The first-order valence-electron chi connectivity index (χ1n) is 10.9. The molecule has 2 aromatic carbocycles. The zero-order valence-corrected chi connectivity index (χ0v) is 20.0. The summed E-state index contributed by atoms with van der Waals surface area (Å²) in [5, 5.41) is 5.01. The number of nitrogens with one attached hydrogen (secondary N) is 1. The molecule has 7 nitrogen and oxygen atoms in total. The predicted molar refractivity (Wildman–Crippen MR) is 129 cm³/mol. The van der Waals surface area contributed by atoms with E-state index in [1.54, 1.807) is 19.1 Å². The number of amides is 2. The Hall–Kier alpha value is -2.97. The summed E-state index contributed by atoms with van der Waals surface area (Å²) in [5.74, 6) is 0.758. The van der Waals surface area contributed by atoms with Crippen molar-refractivity contribution in [3.05, 3.63) is 59.7 Å². The highest BCUT2D eigenvalue weighted by molar-refractivity contribution is 8.00. The minimum atomic E-state index is -0.722. The summed E-state index contributed by atoms with van der Waals surface area (Å²) < 4.78 is 12.7. The highest BCUT2D eigenvalue weighted by Gasteiger charge is 2.38. The van der Waals surface area contributed by atoms with Gasteiger partial charge in [0.1, 0.15) is 11.8 Å². The van der Waals surface area contributed by atoms with Crippen LogP contribution in [0, 0.1) is 0 Å². The number of hydrogen-bond acceptors (Lipinski definition) is 5. The van der Waals surface area contributed by atoms with Crippen molar-refractivity contribution in [1.29, 1.82) is 0 Å². The monoisotopic (exact) mass is 467 g/mol. The van der Waals surface area contributed by atoms with Crippen LogP contribution in [-0.4, -0.2) is 54.4 Å². The molecule has 1 aromatic heterocycles. The number of aromatic nitrogens is 1. The van der Waals surface area contributed by atoms with E-state index in [1.807, 2.05) is 55.6 Å². The predicted octanol–water partition coefficient (Wildman–Crippen LogP) is 3.52. The zero-order valence-electron chi connectivity index (χ0n) is 19.2. The van der Waals surface area contributed by atoms with Crippen molar-refractivity contribution >= 4 is 34.5 Å². The quantitative estimate of drug-likeness (QED) is 0.513. The summed E-state index contributed by atoms with van der Waals surface area (Å²) in [5.41, 5.74) is 2.81. The Morgan fingerprint density at radius 2 is 1.91 bits per heavy atom. The molecule has 0 spiro atoms. The van der Waals surface area contributed by atoms with Gasteiger partial charge in [-0.2, -0.15) is 0 Å². The summed E-state index contributed by atoms with van der Waals surface area (Å²) in [4.78, 5) is 28.6. The SMILES string of the molecule is COCCCN1C(=O)CSc2c(c3ccccc3n2C)[C@H]1C(=O)NCc1ccccc1OC. The minimum absolute atomic E-state index is 0.0474. The third kappa shape index (κ3) is 4.58. The van der Waals surface area contributed by atoms with E-state index in [4.69, 9.17) is 9.47 Å². The lowest BCUT2D eigenvalue weighted by molar-refractivity contribution is -0.139. The van der Waals surface area contributed by atoms with Gasteiger partial charge in [0.2, 0.25) is 11.8 Å². The Balaban J connectivity index is 1.74. The summed E-state index contributed by atoms with van der Waals surface area (Å²) in [6.45, 7) is 1.28. The molecule has 1 aliphatic rings. The molecule has 2 heterocycles. The van der Waals surface area contributed by atoms with E-state index < -0.39 is 6.04 Å². The van der Waals surface area contributed by atoms with Crippen molar-refractivity contribution in [3.63, 3.8) is 0 Å². The van der Waals surface area contributed by atoms with Crippen molar-refractivity contribution < 1.29 is 19.1 Å². The molecule has 0 aliphatic carbocycles. The van der Waals surface area contributed by atoms with Gasteiger partial charge in [-0.3, -0.25) is 9.59 Å². The summed E-state index contributed by atoms with van der Waals surface area (Å²) in [7, 11) is 5.24. The van der Waals surface area contributed by atoms with Crippen LogP contribution in [0.3, 0.4) is 0 Å². The van der Waals surface area contributed by atoms with Gasteiger partial charge in [-0.1, -0.05) is 48.2 Å². The molecule has 4 rings (SSSR count). The van der Waals surface area contributed by atoms with Gasteiger partial charge in [-0.05, 0) is 18.6 Å². The zero-order chi connectivity index (χ0) is 23.4. The lowest BCUT2D eigenvalue weighted by Crippen LogP contribution is -2.44. The maximum Gasteiger partial charge on any atom is 0.247 e. The fourth-order valence-electron chi connectivity index (χ4n) is 4.38. The second kappa shape index (κ2) is 10.3. The number of carbonyl (C=O) groups excluding carboxylic acids is 2. The molecule has 1 aliphatic heterocycles. The molecule has 0 fully saturated rings. The third-order valence-corrected chi connectivity index (χ3v) is 7.13. The van der Waals surface area contributed by atoms with Crippen LogP contribution >= 0.6 is 11.8 Å². The van der Waals surface area contributed by atoms with E-state index in [0.717, 1.165) is 27.1 Å². The van der Waals surface area contributed by atoms with Crippen molar-refractivity contribution in [2.75, 3.05) is 33.1 Å². The second-order valence-electron chi connectivity index (χ2n) is 7.95. The maximum atomic E-state index is 13.7. The topological polar surface area (TPSA) is 72.8 Å². The van der Waals surface area contributed by atoms with Crippen LogP contribution < -0.4 is 10.1 Å². The van der Waals surface area contributed by atoms with Gasteiger partial charge in [0.15, 0.2) is 0 Å². The molecule has 1 atom stereocenters. The van der Waals surface area contributed by atoms with Gasteiger partial charge >= 0.3 is 0 Å². The Bertz CT molecular complexity index is 1160. The number of para-hydroxylation sites is 2. The Labute approximate surface area is 198 Å². The van der Waals surface area contributed by atoms with Gasteiger partial charge < -0.3 is 24.3 Å². The molecule has 33 heavy (non-hydrogen) atoms. The van der Waals surface area contributed by atoms with Gasteiger partial charge in [0.05, 0.1) is 17.9 Å². The molecule has 0 radical (unpaired) electrons. The first-order valence-corrected chi connectivity index (χ1v) is 11.9. The standard InChI is InChI=1S/C25H29N3O4S/c1-27-19-11-6-5-10-18(19)22-23(24(30)26-15-17-9-4-7-12-20(17)32-3)28(13-8-14-31-2)21(29)16-33-25(22)27/h4-7,9-12,23H,8,13-16H2,1-3H3,(H,26,30)/t23-/m0/s1. The summed E-state index contributed by atoms with van der Waals surface area (Å²) in [6, 6.07) is 14.9. The summed E-state index contributed by atoms with van der Waals surface area (Å²) in [6.07, 6.45) is 0.656. The smallest absolute Gasteiger partial charge is 0.247 e. The molecule has 0 bridgehead atoms. The number of benzene rings is 2. The first-order chi connectivity index (χ1) is 16.1. The van der Waals surface area contributed by atoms with E-state index in [1.165, 1.54) is 11.8 Å². The van der Waals surface area contributed by atoms with E-state index in [0.29, 0.717) is 37.6 Å². The molecule has 1 N–H and O–H groups in total. The number of carbonyl (C=O) groups is 2. The molecule has 0 unspecified atom stereocenters. The summed E-state index contributed by atoms with van der Waals surface area (Å²) >= 11 is 1.50. The number of thioether (sulfide) groups is 1. The fraction of sp³-hybridized carbons (Fsp3) is 0.360. The number of fused-ring (bicyclic) bond motifs is 3. The van der Waals surface area contributed by atoms with Gasteiger partial charge in [0.25, 0.3) is 0 Å². The van der Waals surface area contributed by atoms with Crippen LogP contribution in [-0.2, 0) is 27.9 Å². The van der Waals surface area contributed by atoms with E-state index >= 15 is 0 Å². The van der Waals surface area contributed by atoms with Gasteiger partial charge in [-0.15, -0.1) is 0 Å². The fourth-order valence-corrected chi connectivity index (χ4v) is 5.48. The van der Waals surface area contributed by atoms with Crippen molar-refractivity contribution in [3.8, 4) is 5.75 Å². The molecule has 8 heteroatoms. The van der Waals surface area contributed by atoms with E-state index in [2.05, 4.69) is 9.88 Å². The number of aryl methyl sites for hydroxylation is 1. The van der Waals surface area contributed by atoms with Crippen molar-refractivity contribution in [2.45, 2.75) is 24.0 Å². The largest absolute Gasteiger partial charge is 0.496 e. The third-order valence-electron chi connectivity index (χ3n) is 5.97. The molecule has 3 aromatic rings. The van der Waals surface area contributed by atoms with Crippen molar-refractivity contribution in [1.82, 2.24) is 14.8 Å². The lowest BCUT2D eigenvalue weighted by atomic mass is 10.0. The normalized spacial score (nSPS) is 15.9. The van der Waals surface area contributed by atoms with E-state index in [9.17, 15) is 9.59 Å². The Morgan fingerprint density at radius 1 is 1.15 bits per heavy atom. The molecular formula is C25H29N3O4S. The van der Waals surface area contributed by atoms with Crippen LogP contribution in [0.25, 0.3) is 10.9 Å². The van der Waals surface area contributed by atoms with Crippen LogP contribution in [0.1, 0.15) is 23.6 Å². The number of methoxy groups -OCH3 is 2. The van der Waals surface area contributed by atoms with Crippen LogP contribution in [0.2, 0.25) is 0 Å². The molecular weight excluding hydrogens is 438 g/mol. The van der Waals surface area contributed by atoms with Crippen LogP contribution in [0.5, 0.6) is 5.75 Å².